The fraction of sp³-hybridized carbons (Fsp3) is 0.400. The third-order valence-electron chi connectivity index (χ3n) is 6.42. The van der Waals surface area contributed by atoms with Gasteiger partial charge in [0.05, 0.1) is 11.3 Å². The number of carbonyl (C=O) groups is 1. The van der Waals surface area contributed by atoms with Gasteiger partial charge in [-0.2, -0.15) is 10.2 Å². The molecule has 1 aliphatic heterocycles. The number of nitrogens with zero attached hydrogens (tertiary/aromatic N) is 6. The normalized spacial score (nSPS) is 17.0. The van der Waals surface area contributed by atoms with Crippen LogP contribution in [0.3, 0.4) is 0 Å². The summed E-state index contributed by atoms with van der Waals surface area (Å²) in [5, 5.41) is 23.6. The maximum Gasteiger partial charge on any atom is 0.320 e. The first-order valence-corrected chi connectivity index (χ1v) is 12.2. The van der Waals surface area contributed by atoms with Crippen LogP contribution >= 0.6 is 0 Å². The number of nitrogens with one attached hydrogen (secondary N) is 3. The number of rotatable bonds is 5. The first kappa shape index (κ1) is 23.0. The minimum absolute atomic E-state index is 0.155. The summed E-state index contributed by atoms with van der Waals surface area (Å²) >= 11 is 0. The minimum atomic E-state index is -0.346. The van der Waals surface area contributed by atoms with E-state index < -0.39 is 0 Å². The Hall–Kier alpha value is -3.81. The second kappa shape index (κ2) is 10.6. The van der Waals surface area contributed by atoms with Gasteiger partial charge in [-0.1, -0.05) is 37.5 Å². The van der Waals surface area contributed by atoms with Gasteiger partial charge in [-0.25, -0.2) is 24.8 Å². The molecule has 2 fully saturated rings. The van der Waals surface area contributed by atoms with Gasteiger partial charge < -0.3 is 10.6 Å². The van der Waals surface area contributed by atoms with E-state index in [2.05, 4.69) is 37.0 Å². The van der Waals surface area contributed by atoms with Crippen LogP contribution in [0.4, 0.5) is 22.2 Å². The number of nitriles is 1. The van der Waals surface area contributed by atoms with Crippen LogP contribution in [0.25, 0.3) is 11.0 Å². The van der Waals surface area contributed by atoms with Gasteiger partial charge in [-0.05, 0) is 31.0 Å². The van der Waals surface area contributed by atoms with Gasteiger partial charge in [0.1, 0.15) is 6.07 Å². The van der Waals surface area contributed by atoms with Crippen molar-refractivity contribution in [3.63, 3.8) is 0 Å². The summed E-state index contributed by atoms with van der Waals surface area (Å²) in [7, 11) is 0. The van der Waals surface area contributed by atoms with Gasteiger partial charge >= 0.3 is 6.03 Å². The van der Waals surface area contributed by atoms with E-state index in [9.17, 15) is 10.1 Å². The molecule has 0 unspecified atom stereocenters. The van der Waals surface area contributed by atoms with Crippen LogP contribution < -0.4 is 21.0 Å². The number of hydrogen-bond acceptors (Lipinski definition) is 8. The van der Waals surface area contributed by atoms with E-state index >= 15 is 0 Å². The average molecular weight is 472 g/mol. The second-order valence-corrected chi connectivity index (χ2v) is 8.86. The molecular formula is C25H29N9O. The Labute approximate surface area is 204 Å². The molecule has 1 aliphatic carbocycles. The van der Waals surface area contributed by atoms with Gasteiger partial charge in [0.15, 0.2) is 11.5 Å². The van der Waals surface area contributed by atoms with Crippen molar-refractivity contribution in [2.45, 2.75) is 38.1 Å². The predicted molar refractivity (Wildman–Crippen MR) is 134 cm³/mol. The van der Waals surface area contributed by atoms with E-state index in [4.69, 9.17) is 4.98 Å². The summed E-state index contributed by atoms with van der Waals surface area (Å²) < 4.78 is 0. The quantitative estimate of drug-likeness (QED) is 0.518. The van der Waals surface area contributed by atoms with Crippen LogP contribution in [0.2, 0.25) is 0 Å². The van der Waals surface area contributed by atoms with Crippen LogP contribution in [0, 0.1) is 11.3 Å². The number of hydrazine groups is 1. The lowest BCUT2D eigenvalue weighted by Crippen LogP contribution is -2.51. The fourth-order valence-corrected chi connectivity index (χ4v) is 4.64. The summed E-state index contributed by atoms with van der Waals surface area (Å²) in [5.41, 5.74) is 1.64. The molecule has 10 heteroatoms. The standard InChI is InChI=1S/C25H29N9O/c26-16-18-15-19-17-28-24(34(21-9-5-2-6-10-21)33-13-11-27-12-14-33)31-23(19)30-22(18)32-25(35)29-20-7-3-1-4-8-20/h2,5-6,9-10,15,17,20,27H,1,3-4,7-8,11-14H2,(H2,28,29,30,31,32,35). The minimum Gasteiger partial charge on any atom is -0.335 e. The lowest BCUT2D eigenvalue weighted by Gasteiger charge is -2.37. The Morgan fingerprint density at radius 2 is 1.89 bits per heavy atom. The summed E-state index contributed by atoms with van der Waals surface area (Å²) in [6, 6.07) is 13.6. The number of urea groups is 1. The van der Waals surface area contributed by atoms with Crippen molar-refractivity contribution >= 4 is 34.5 Å². The summed E-state index contributed by atoms with van der Waals surface area (Å²) in [6.07, 6.45) is 7.07. The summed E-state index contributed by atoms with van der Waals surface area (Å²) in [5.74, 6) is 0.687. The molecule has 1 saturated heterocycles. The smallest absolute Gasteiger partial charge is 0.320 e. The molecule has 1 aromatic carbocycles. The van der Waals surface area contributed by atoms with Crippen molar-refractivity contribution < 1.29 is 4.79 Å². The first-order valence-electron chi connectivity index (χ1n) is 12.2. The number of para-hydroxylation sites is 1. The average Bonchev–Trinajstić information content (AvgIpc) is 2.90. The topological polar surface area (TPSA) is 122 Å². The van der Waals surface area contributed by atoms with E-state index in [0.29, 0.717) is 17.0 Å². The monoisotopic (exact) mass is 471 g/mol. The zero-order valence-corrected chi connectivity index (χ0v) is 19.6. The van der Waals surface area contributed by atoms with Gasteiger partial charge in [-0.3, -0.25) is 5.32 Å². The molecule has 10 nitrogen and oxygen atoms in total. The Balaban J connectivity index is 1.45. The van der Waals surface area contributed by atoms with Gasteiger partial charge in [0, 0.05) is 43.8 Å². The molecule has 3 N–H and O–H groups in total. The fourth-order valence-electron chi connectivity index (χ4n) is 4.64. The third-order valence-corrected chi connectivity index (χ3v) is 6.42. The Kier molecular flexibility index (Phi) is 6.97. The van der Waals surface area contributed by atoms with Crippen molar-refractivity contribution in [2.24, 2.45) is 0 Å². The number of fused-ring (bicyclic) bond motifs is 1. The number of piperazine rings is 1. The lowest BCUT2D eigenvalue weighted by atomic mass is 9.96. The number of hydrogen-bond donors (Lipinski definition) is 3. The summed E-state index contributed by atoms with van der Waals surface area (Å²) in [4.78, 5) is 26.5. The number of pyridine rings is 1. The van der Waals surface area contributed by atoms with E-state index in [1.54, 1.807) is 12.3 Å². The van der Waals surface area contributed by atoms with Crippen LogP contribution in [0.15, 0.2) is 42.6 Å². The van der Waals surface area contributed by atoms with Crippen LogP contribution in [-0.2, 0) is 0 Å². The number of benzene rings is 1. The molecule has 5 rings (SSSR count). The van der Waals surface area contributed by atoms with Crippen LogP contribution in [0.1, 0.15) is 37.7 Å². The molecule has 2 aromatic heterocycles. The SMILES string of the molecule is N#Cc1cc2cnc(N(c3ccccc3)N3CCNCC3)nc2nc1NC(=O)NC1CCCCC1. The molecule has 2 amide bonds. The summed E-state index contributed by atoms with van der Waals surface area (Å²) in [6.45, 7) is 3.35. The van der Waals surface area contributed by atoms with E-state index in [-0.39, 0.29) is 23.5 Å². The largest absolute Gasteiger partial charge is 0.335 e. The number of anilines is 3. The molecule has 3 aromatic rings. The molecule has 180 valence electrons. The number of carbonyl (C=O) groups excluding carboxylic acids is 1. The second-order valence-electron chi connectivity index (χ2n) is 8.86. The molecule has 35 heavy (non-hydrogen) atoms. The maximum atomic E-state index is 12.6. The van der Waals surface area contributed by atoms with E-state index in [1.807, 2.05) is 35.3 Å². The Bertz CT molecular complexity index is 1210. The van der Waals surface area contributed by atoms with E-state index in [1.165, 1.54) is 6.42 Å². The van der Waals surface area contributed by atoms with Crippen molar-refractivity contribution in [3.8, 4) is 6.07 Å². The molecule has 0 bridgehead atoms. The Morgan fingerprint density at radius 3 is 2.63 bits per heavy atom. The van der Waals surface area contributed by atoms with Crippen molar-refractivity contribution in [3.05, 3.63) is 48.2 Å². The third kappa shape index (κ3) is 5.31. The van der Waals surface area contributed by atoms with Crippen molar-refractivity contribution in [1.82, 2.24) is 30.6 Å². The molecule has 0 atom stereocenters. The molecule has 0 spiro atoms. The van der Waals surface area contributed by atoms with Gasteiger partial charge in [-0.15, -0.1) is 0 Å². The molecule has 3 heterocycles. The highest BCUT2D eigenvalue weighted by atomic mass is 16.2. The van der Waals surface area contributed by atoms with Gasteiger partial charge in [0.2, 0.25) is 5.95 Å². The Morgan fingerprint density at radius 1 is 1.11 bits per heavy atom. The zero-order valence-electron chi connectivity index (χ0n) is 19.6. The highest BCUT2D eigenvalue weighted by Crippen LogP contribution is 2.27. The molecule has 2 aliphatic rings. The molecular weight excluding hydrogens is 442 g/mol. The van der Waals surface area contributed by atoms with Gasteiger partial charge in [0.25, 0.3) is 0 Å². The molecule has 1 saturated carbocycles. The highest BCUT2D eigenvalue weighted by molar-refractivity contribution is 5.92. The van der Waals surface area contributed by atoms with Crippen molar-refractivity contribution in [2.75, 3.05) is 36.5 Å². The number of amides is 2. The van der Waals surface area contributed by atoms with Crippen molar-refractivity contribution in [1.29, 1.82) is 5.26 Å². The molecule has 0 radical (unpaired) electrons. The van der Waals surface area contributed by atoms with Crippen LogP contribution in [-0.4, -0.2) is 58.2 Å². The zero-order chi connectivity index (χ0) is 24.0. The number of aromatic nitrogens is 3. The van der Waals surface area contributed by atoms with E-state index in [0.717, 1.165) is 57.5 Å². The predicted octanol–water partition coefficient (Wildman–Crippen LogP) is 3.31. The highest BCUT2D eigenvalue weighted by Gasteiger charge is 2.23. The first-order chi connectivity index (χ1) is 17.2. The lowest BCUT2D eigenvalue weighted by molar-refractivity contribution is 0.240. The van der Waals surface area contributed by atoms with Crippen LogP contribution in [0.5, 0.6) is 0 Å². The maximum absolute atomic E-state index is 12.6.